The zero-order valence-electron chi connectivity index (χ0n) is 9.69. The Morgan fingerprint density at radius 2 is 1.74 bits per heavy atom. The van der Waals surface area contributed by atoms with Crippen molar-refractivity contribution < 1.29 is 9.59 Å². The second-order valence-corrected chi connectivity index (χ2v) is 4.73. The van der Waals surface area contributed by atoms with Crippen LogP contribution in [0.1, 0.15) is 20.7 Å². The first-order valence-corrected chi connectivity index (χ1v) is 6.17. The van der Waals surface area contributed by atoms with Crippen LogP contribution in [-0.4, -0.2) is 12.2 Å². The van der Waals surface area contributed by atoms with Crippen molar-refractivity contribution in [2.24, 2.45) is 0 Å². The summed E-state index contributed by atoms with van der Waals surface area (Å²) in [4.78, 5) is 22.7. The number of hydrogen-bond acceptors (Lipinski definition) is 2. The molecule has 0 saturated heterocycles. The number of rotatable bonds is 3. The van der Waals surface area contributed by atoms with Gasteiger partial charge < -0.3 is 5.32 Å². The average molecular weight is 294 g/mol. The van der Waals surface area contributed by atoms with Crippen LogP contribution in [0, 0.1) is 0 Å². The van der Waals surface area contributed by atoms with Gasteiger partial charge in [-0.3, -0.25) is 9.59 Å². The second kappa shape index (κ2) is 5.87. The van der Waals surface area contributed by atoms with Crippen LogP contribution in [0.15, 0.2) is 42.5 Å². The largest absolute Gasteiger partial charge is 0.322 e. The minimum Gasteiger partial charge on any atom is -0.322 e. The van der Waals surface area contributed by atoms with Crippen molar-refractivity contribution in [3.05, 3.63) is 63.6 Å². The zero-order chi connectivity index (χ0) is 13.8. The van der Waals surface area contributed by atoms with Crippen molar-refractivity contribution >= 4 is 41.1 Å². The molecule has 0 aliphatic heterocycles. The molecule has 1 N–H and O–H groups in total. The summed E-state index contributed by atoms with van der Waals surface area (Å²) < 4.78 is 0. The summed E-state index contributed by atoms with van der Waals surface area (Å²) in [6.45, 7) is 0. The molecule has 0 unspecified atom stereocenters. The van der Waals surface area contributed by atoms with E-state index in [1.807, 2.05) is 0 Å². The number of carbonyl (C=O) groups is 2. The van der Waals surface area contributed by atoms with Crippen LogP contribution in [0.25, 0.3) is 0 Å². The molecule has 0 bridgehead atoms. The van der Waals surface area contributed by atoms with Crippen LogP contribution >= 0.6 is 23.2 Å². The fourth-order valence-electron chi connectivity index (χ4n) is 1.58. The topological polar surface area (TPSA) is 46.2 Å². The maximum Gasteiger partial charge on any atom is 0.255 e. The third-order valence-electron chi connectivity index (χ3n) is 2.41. The fraction of sp³-hybridized carbons (Fsp3) is 0. The van der Waals surface area contributed by atoms with E-state index in [1.54, 1.807) is 30.3 Å². The Morgan fingerprint density at radius 1 is 1.05 bits per heavy atom. The third-order valence-corrected chi connectivity index (χ3v) is 2.84. The molecule has 1 amide bonds. The smallest absolute Gasteiger partial charge is 0.255 e. The SMILES string of the molecule is O=Cc1cccc(NC(=O)c2cc(Cl)cc(Cl)c2)c1. The van der Waals surface area contributed by atoms with Crippen molar-refractivity contribution in [1.82, 2.24) is 0 Å². The first-order chi connectivity index (χ1) is 9.08. The molecule has 0 spiro atoms. The van der Waals surface area contributed by atoms with E-state index in [4.69, 9.17) is 23.2 Å². The van der Waals surface area contributed by atoms with Crippen molar-refractivity contribution in [3.8, 4) is 0 Å². The summed E-state index contributed by atoms with van der Waals surface area (Å²) in [5.74, 6) is -0.340. The van der Waals surface area contributed by atoms with E-state index in [1.165, 1.54) is 12.1 Å². The molecule has 3 nitrogen and oxygen atoms in total. The quantitative estimate of drug-likeness (QED) is 0.868. The lowest BCUT2D eigenvalue weighted by molar-refractivity contribution is 0.102. The second-order valence-electron chi connectivity index (χ2n) is 3.86. The molecule has 2 rings (SSSR count). The number of nitrogens with one attached hydrogen (secondary N) is 1. The van der Waals surface area contributed by atoms with E-state index in [0.717, 1.165) is 0 Å². The molecular weight excluding hydrogens is 285 g/mol. The Morgan fingerprint density at radius 3 is 2.37 bits per heavy atom. The van der Waals surface area contributed by atoms with E-state index < -0.39 is 0 Å². The Balaban J connectivity index is 2.22. The minimum absolute atomic E-state index is 0.340. The van der Waals surface area contributed by atoms with Gasteiger partial charge in [-0.1, -0.05) is 35.3 Å². The number of carbonyl (C=O) groups excluding carboxylic acids is 2. The van der Waals surface area contributed by atoms with Crippen LogP contribution in [0.5, 0.6) is 0 Å². The van der Waals surface area contributed by atoms with Crippen molar-refractivity contribution in [2.75, 3.05) is 5.32 Å². The summed E-state index contributed by atoms with van der Waals surface area (Å²) >= 11 is 11.7. The van der Waals surface area contributed by atoms with Gasteiger partial charge in [-0.2, -0.15) is 0 Å². The predicted molar refractivity (Wildman–Crippen MR) is 76.2 cm³/mol. The van der Waals surface area contributed by atoms with Crippen LogP contribution in [0.4, 0.5) is 5.69 Å². The molecule has 0 heterocycles. The van der Waals surface area contributed by atoms with Gasteiger partial charge in [-0.15, -0.1) is 0 Å². The van der Waals surface area contributed by atoms with Gasteiger partial charge in [0.15, 0.2) is 0 Å². The van der Waals surface area contributed by atoms with E-state index in [9.17, 15) is 9.59 Å². The standard InChI is InChI=1S/C14H9Cl2NO2/c15-11-5-10(6-12(16)7-11)14(19)17-13-3-1-2-9(4-13)8-18/h1-8H,(H,17,19). The summed E-state index contributed by atoms with van der Waals surface area (Å²) in [6.07, 6.45) is 0.714. The van der Waals surface area contributed by atoms with Gasteiger partial charge in [0, 0.05) is 26.9 Å². The molecule has 0 saturated carbocycles. The van der Waals surface area contributed by atoms with Gasteiger partial charge in [-0.05, 0) is 30.3 Å². The maximum absolute atomic E-state index is 12.0. The van der Waals surface area contributed by atoms with Gasteiger partial charge in [0.2, 0.25) is 0 Å². The average Bonchev–Trinajstić information content (AvgIpc) is 2.37. The van der Waals surface area contributed by atoms with Crippen LogP contribution in [0.3, 0.4) is 0 Å². The lowest BCUT2D eigenvalue weighted by Crippen LogP contribution is -2.12. The molecule has 0 atom stereocenters. The molecule has 2 aromatic rings. The highest BCUT2D eigenvalue weighted by atomic mass is 35.5. The van der Waals surface area contributed by atoms with E-state index >= 15 is 0 Å². The number of hydrogen-bond donors (Lipinski definition) is 1. The number of benzene rings is 2. The van der Waals surface area contributed by atoms with Gasteiger partial charge >= 0.3 is 0 Å². The maximum atomic E-state index is 12.0. The Bertz CT molecular complexity index is 621. The molecule has 0 radical (unpaired) electrons. The molecule has 96 valence electrons. The van der Waals surface area contributed by atoms with Crippen LogP contribution < -0.4 is 5.32 Å². The van der Waals surface area contributed by atoms with Crippen molar-refractivity contribution in [2.45, 2.75) is 0 Å². The fourth-order valence-corrected chi connectivity index (χ4v) is 2.10. The Kier molecular flexibility index (Phi) is 4.20. The van der Waals surface area contributed by atoms with Gasteiger partial charge in [0.1, 0.15) is 6.29 Å². The highest BCUT2D eigenvalue weighted by Gasteiger charge is 2.08. The zero-order valence-corrected chi connectivity index (χ0v) is 11.2. The normalized spacial score (nSPS) is 10.0. The lowest BCUT2D eigenvalue weighted by Gasteiger charge is -2.06. The molecule has 0 fully saturated rings. The number of aldehydes is 1. The van der Waals surface area contributed by atoms with E-state index in [-0.39, 0.29) is 5.91 Å². The number of anilines is 1. The Hall–Kier alpha value is -1.84. The first kappa shape index (κ1) is 13.6. The summed E-state index contributed by atoms with van der Waals surface area (Å²) in [6, 6.07) is 11.2. The predicted octanol–water partition coefficient (Wildman–Crippen LogP) is 4.06. The molecule has 5 heteroatoms. The summed E-state index contributed by atoms with van der Waals surface area (Å²) in [7, 11) is 0. The molecule has 2 aromatic carbocycles. The molecular formula is C14H9Cl2NO2. The van der Waals surface area contributed by atoms with Crippen molar-refractivity contribution in [3.63, 3.8) is 0 Å². The van der Waals surface area contributed by atoms with E-state index in [2.05, 4.69) is 5.32 Å². The highest BCUT2D eigenvalue weighted by molar-refractivity contribution is 6.35. The third kappa shape index (κ3) is 3.56. The van der Waals surface area contributed by atoms with Crippen molar-refractivity contribution in [1.29, 1.82) is 0 Å². The minimum atomic E-state index is -0.340. The highest BCUT2D eigenvalue weighted by Crippen LogP contribution is 2.20. The molecule has 0 aliphatic rings. The summed E-state index contributed by atoms with van der Waals surface area (Å²) in [5.41, 5.74) is 1.38. The Labute approximate surface area is 120 Å². The molecule has 0 aliphatic carbocycles. The van der Waals surface area contributed by atoms with E-state index in [0.29, 0.717) is 33.1 Å². The van der Waals surface area contributed by atoms with Gasteiger partial charge in [0.25, 0.3) is 5.91 Å². The van der Waals surface area contributed by atoms with Crippen LogP contribution in [0.2, 0.25) is 10.0 Å². The van der Waals surface area contributed by atoms with Crippen LogP contribution in [-0.2, 0) is 0 Å². The first-order valence-electron chi connectivity index (χ1n) is 5.41. The lowest BCUT2D eigenvalue weighted by atomic mass is 10.2. The van der Waals surface area contributed by atoms with Gasteiger partial charge in [-0.25, -0.2) is 0 Å². The number of amides is 1. The monoisotopic (exact) mass is 293 g/mol. The number of halogens is 2. The molecule has 0 aromatic heterocycles. The van der Waals surface area contributed by atoms with Gasteiger partial charge in [0.05, 0.1) is 0 Å². The molecule has 19 heavy (non-hydrogen) atoms. The summed E-state index contributed by atoms with van der Waals surface area (Å²) in [5, 5.41) is 3.45.